The molecule has 100 valence electrons. The van der Waals surface area contributed by atoms with Gasteiger partial charge in [0, 0.05) is 20.8 Å². The standard InChI is InChI=1S/C15H11FIN3/c16-10-8-12(18)9-4-3-7-19-14(9)15(10)20-13-6-2-1-5-11(13)17/h1-8,20H,18H2. The van der Waals surface area contributed by atoms with Crippen LogP contribution in [0.2, 0.25) is 0 Å². The van der Waals surface area contributed by atoms with Crippen LogP contribution in [0.15, 0.2) is 48.7 Å². The van der Waals surface area contributed by atoms with E-state index in [-0.39, 0.29) is 0 Å². The Kier molecular flexibility index (Phi) is 3.43. The first kappa shape index (κ1) is 13.1. The number of fused-ring (bicyclic) bond motifs is 1. The maximum atomic E-state index is 14.2. The molecule has 0 radical (unpaired) electrons. The van der Waals surface area contributed by atoms with Gasteiger partial charge in [-0.25, -0.2) is 4.39 Å². The Morgan fingerprint density at radius 2 is 1.95 bits per heavy atom. The van der Waals surface area contributed by atoms with E-state index in [0.717, 1.165) is 14.6 Å². The van der Waals surface area contributed by atoms with Crippen molar-refractivity contribution in [2.45, 2.75) is 0 Å². The van der Waals surface area contributed by atoms with Gasteiger partial charge in [-0.1, -0.05) is 12.1 Å². The molecule has 0 amide bonds. The molecular weight excluding hydrogens is 368 g/mol. The summed E-state index contributed by atoms with van der Waals surface area (Å²) < 4.78 is 15.2. The lowest BCUT2D eigenvalue weighted by atomic mass is 10.1. The van der Waals surface area contributed by atoms with Crippen molar-refractivity contribution in [3.8, 4) is 0 Å². The molecule has 1 aromatic heterocycles. The fourth-order valence-corrected chi connectivity index (χ4v) is 2.58. The average Bonchev–Trinajstić information content (AvgIpc) is 2.45. The predicted molar refractivity (Wildman–Crippen MR) is 88.6 cm³/mol. The maximum Gasteiger partial charge on any atom is 0.150 e. The molecule has 3 nitrogen and oxygen atoms in total. The van der Waals surface area contributed by atoms with E-state index in [4.69, 9.17) is 5.73 Å². The number of hydrogen-bond donors (Lipinski definition) is 2. The molecule has 20 heavy (non-hydrogen) atoms. The van der Waals surface area contributed by atoms with Crippen LogP contribution in [-0.4, -0.2) is 4.98 Å². The van der Waals surface area contributed by atoms with Gasteiger partial charge in [0.2, 0.25) is 0 Å². The second-order valence-corrected chi connectivity index (χ2v) is 5.49. The highest BCUT2D eigenvalue weighted by molar-refractivity contribution is 14.1. The van der Waals surface area contributed by atoms with Crippen molar-refractivity contribution in [3.05, 3.63) is 58.0 Å². The van der Waals surface area contributed by atoms with Crippen molar-refractivity contribution in [2.24, 2.45) is 0 Å². The van der Waals surface area contributed by atoms with Crippen molar-refractivity contribution >= 4 is 50.6 Å². The number of halogens is 2. The minimum atomic E-state index is -0.409. The number of nitrogens with one attached hydrogen (secondary N) is 1. The number of benzene rings is 2. The van der Waals surface area contributed by atoms with Crippen LogP contribution < -0.4 is 11.1 Å². The van der Waals surface area contributed by atoms with E-state index in [1.165, 1.54) is 6.07 Å². The normalized spacial score (nSPS) is 10.7. The van der Waals surface area contributed by atoms with Crippen LogP contribution in [0.5, 0.6) is 0 Å². The van der Waals surface area contributed by atoms with Crippen LogP contribution in [0.4, 0.5) is 21.5 Å². The summed E-state index contributed by atoms with van der Waals surface area (Å²) in [4.78, 5) is 4.24. The highest BCUT2D eigenvalue weighted by atomic mass is 127. The summed E-state index contributed by atoms with van der Waals surface area (Å²) in [5.41, 5.74) is 7.94. The van der Waals surface area contributed by atoms with Gasteiger partial charge in [0.25, 0.3) is 0 Å². The SMILES string of the molecule is Nc1cc(F)c(Nc2ccccc2I)c2ncccc12. The molecule has 0 aliphatic heterocycles. The number of nitrogens with two attached hydrogens (primary N) is 1. The second kappa shape index (κ2) is 5.24. The first-order chi connectivity index (χ1) is 9.66. The molecule has 3 N–H and O–H groups in total. The minimum Gasteiger partial charge on any atom is -0.398 e. The smallest absolute Gasteiger partial charge is 0.150 e. The lowest BCUT2D eigenvalue weighted by Gasteiger charge is -2.13. The average molecular weight is 379 g/mol. The molecule has 0 bridgehead atoms. The van der Waals surface area contributed by atoms with Gasteiger partial charge in [-0.15, -0.1) is 0 Å². The zero-order valence-corrected chi connectivity index (χ0v) is 12.6. The van der Waals surface area contributed by atoms with E-state index in [2.05, 4.69) is 32.9 Å². The number of hydrogen-bond acceptors (Lipinski definition) is 3. The Hall–Kier alpha value is -1.89. The zero-order valence-electron chi connectivity index (χ0n) is 10.4. The summed E-state index contributed by atoms with van der Waals surface area (Å²) in [6.45, 7) is 0. The summed E-state index contributed by atoms with van der Waals surface area (Å²) in [6, 6.07) is 12.6. The largest absolute Gasteiger partial charge is 0.398 e. The molecular formula is C15H11FIN3. The first-order valence-electron chi connectivity index (χ1n) is 6.01. The molecule has 0 atom stereocenters. The minimum absolute atomic E-state index is 0.346. The first-order valence-corrected chi connectivity index (χ1v) is 7.09. The monoisotopic (exact) mass is 379 g/mol. The molecule has 0 aliphatic carbocycles. The molecule has 0 aliphatic rings. The maximum absolute atomic E-state index is 14.2. The third-order valence-corrected chi connectivity index (χ3v) is 3.95. The Morgan fingerprint density at radius 3 is 2.75 bits per heavy atom. The third-order valence-electron chi connectivity index (χ3n) is 3.01. The molecule has 3 rings (SSSR count). The van der Waals surface area contributed by atoms with E-state index in [9.17, 15) is 4.39 Å². The molecule has 0 saturated heterocycles. The van der Waals surface area contributed by atoms with Crippen molar-refractivity contribution in [1.29, 1.82) is 0 Å². The lowest BCUT2D eigenvalue weighted by Crippen LogP contribution is -2.00. The van der Waals surface area contributed by atoms with Gasteiger partial charge >= 0.3 is 0 Å². The summed E-state index contributed by atoms with van der Waals surface area (Å²) in [6.07, 6.45) is 1.63. The molecule has 2 aromatic carbocycles. The van der Waals surface area contributed by atoms with E-state index >= 15 is 0 Å². The van der Waals surface area contributed by atoms with Gasteiger partial charge in [0.05, 0.1) is 11.2 Å². The Bertz CT molecular complexity index is 789. The topological polar surface area (TPSA) is 50.9 Å². The quantitative estimate of drug-likeness (QED) is 0.516. The number of pyridine rings is 1. The highest BCUT2D eigenvalue weighted by Crippen LogP contribution is 2.32. The third kappa shape index (κ3) is 2.29. The summed E-state index contributed by atoms with van der Waals surface area (Å²) in [5, 5.41) is 3.85. The van der Waals surface area contributed by atoms with Crippen LogP contribution in [0.25, 0.3) is 10.9 Å². The van der Waals surface area contributed by atoms with Crippen LogP contribution in [0.1, 0.15) is 0 Å². The molecule has 1 heterocycles. The van der Waals surface area contributed by atoms with Gasteiger partial charge in [-0.3, -0.25) is 4.98 Å². The van der Waals surface area contributed by atoms with Gasteiger partial charge < -0.3 is 11.1 Å². The van der Waals surface area contributed by atoms with Crippen LogP contribution in [0.3, 0.4) is 0 Å². The molecule has 3 aromatic rings. The number of nitrogens with zero attached hydrogens (tertiary/aromatic N) is 1. The van der Waals surface area contributed by atoms with Crippen molar-refractivity contribution in [2.75, 3.05) is 11.1 Å². The van der Waals surface area contributed by atoms with Crippen LogP contribution in [-0.2, 0) is 0 Å². The molecule has 0 unspecified atom stereocenters. The fraction of sp³-hybridized carbons (Fsp3) is 0. The van der Waals surface area contributed by atoms with E-state index < -0.39 is 5.82 Å². The number of nitrogen functional groups attached to an aromatic ring is 1. The second-order valence-electron chi connectivity index (χ2n) is 4.33. The van der Waals surface area contributed by atoms with Crippen molar-refractivity contribution in [3.63, 3.8) is 0 Å². The van der Waals surface area contributed by atoms with Crippen LogP contribution >= 0.6 is 22.6 Å². The molecule has 0 spiro atoms. The van der Waals surface area contributed by atoms with Gasteiger partial charge in [-0.2, -0.15) is 0 Å². The van der Waals surface area contributed by atoms with Crippen molar-refractivity contribution in [1.82, 2.24) is 4.98 Å². The summed E-state index contributed by atoms with van der Waals surface area (Å²) in [7, 11) is 0. The molecule has 0 saturated carbocycles. The number of aromatic nitrogens is 1. The van der Waals surface area contributed by atoms with Gasteiger partial charge in [0.15, 0.2) is 5.82 Å². The number of rotatable bonds is 2. The number of anilines is 3. The fourth-order valence-electron chi connectivity index (χ4n) is 2.05. The Labute approximate surface area is 129 Å². The number of para-hydroxylation sites is 1. The Morgan fingerprint density at radius 1 is 1.15 bits per heavy atom. The van der Waals surface area contributed by atoms with Crippen LogP contribution in [0, 0.1) is 9.39 Å². The van der Waals surface area contributed by atoms with Gasteiger partial charge in [-0.05, 0) is 52.9 Å². The van der Waals surface area contributed by atoms with Crippen molar-refractivity contribution < 1.29 is 4.39 Å². The summed E-state index contributed by atoms with van der Waals surface area (Å²) in [5.74, 6) is -0.409. The Balaban J connectivity index is 2.19. The predicted octanol–water partition coefficient (Wildman–Crippen LogP) is 4.30. The molecule has 5 heteroatoms. The van der Waals surface area contributed by atoms with E-state index in [1.807, 2.05) is 30.3 Å². The lowest BCUT2D eigenvalue weighted by molar-refractivity contribution is 0.634. The molecule has 0 fully saturated rings. The summed E-state index contributed by atoms with van der Waals surface area (Å²) >= 11 is 2.20. The van der Waals surface area contributed by atoms with Gasteiger partial charge in [0.1, 0.15) is 5.69 Å². The van der Waals surface area contributed by atoms with E-state index in [1.54, 1.807) is 12.3 Å². The van der Waals surface area contributed by atoms with E-state index in [0.29, 0.717) is 16.9 Å². The zero-order chi connectivity index (χ0) is 14.1. The highest BCUT2D eigenvalue weighted by Gasteiger charge is 2.12.